The Labute approximate surface area is 182 Å². The van der Waals surface area contributed by atoms with Crippen LogP contribution in [-0.4, -0.2) is 58.2 Å². The molecule has 1 N–H and O–H groups in total. The van der Waals surface area contributed by atoms with E-state index in [1.165, 1.54) is 0 Å². The fourth-order valence-electron chi connectivity index (χ4n) is 4.37. The molecule has 162 valence electrons. The molecule has 0 bridgehead atoms. The summed E-state index contributed by atoms with van der Waals surface area (Å²) in [5, 5.41) is 3.04. The third kappa shape index (κ3) is 4.93. The maximum atomic E-state index is 13.5. The van der Waals surface area contributed by atoms with Gasteiger partial charge in [-0.25, -0.2) is 0 Å². The summed E-state index contributed by atoms with van der Waals surface area (Å²) in [6, 6.07) is 12.5. The number of likely N-dealkylation sites (tertiary alicyclic amines) is 2. The van der Waals surface area contributed by atoms with Crippen LogP contribution < -0.4 is 5.32 Å². The van der Waals surface area contributed by atoms with Gasteiger partial charge in [-0.1, -0.05) is 30.3 Å². The average molecular weight is 421 g/mol. The summed E-state index contributed by atoms with van der Waals surface area (Å²) in [4.78, 5) is 46.1. The first-order valence-electron chi connectivity index (χ1n) is 11.0. The fraction of sp³-hybridized carbons (Fsp3) is 0.417. The highest BCUT2D eigenvalue weighted by molar-refractivity contribution is 5.94. The topological polar surface area (TPSA) is 82.6 Å². The van der Waals surface area contributed by atoms with E-state index in [1.54, 1.807) is 29.4 Å². The van der Waals surface area contributed by atoms with Crippen LogP contribution in [0.5, 0.6) is 0 Å². The number of piperidine rings is 2. The number of aromatic nitrogens is 1. The predicted molar refractivity (Wildman–Crippen MR) is 116 cm³/mol. The van der Waals surface area contributed by atoms with Gasteiger partial charge in [0.2, 0.25) is 11.8 Å². The first kappa shape index (κ1) is 21.0. The van der Waals surface area contributed by atoms with E-state index < -0.39 is 6.04 Å². The number of pyridine rings is 1. The van der Waals surface area contributed by atoms with Crippen molar-refractivity contribution in [2.45, 2.75) is 44.2 Å². The molecule has 0 aliphatic carbocycles. The van der Waals surface area contributed by atoms with E-state index in [9.17, 15) is 14.4 Å². The van der Waals surface area contributed by atoms with Crippen molar-refractivity contribution in [3.8, 4) is 0 Å². The maximum Gasteiger partial charge on any atom is 0.253 e. The van der Waals surface area contributed by atoms with Crippen LogP contribution >= 0.6 is 0 Å². The summed E-state index contributed by atoms with van der Waals surface area (Å²) in [7, 11) is 0. The van der Waals surface area contributed by atoms with Gasteiger partial charge in [0.15, 0.2) is 0 Å². The molecule has 0 spiro atoms. The van der Waals surface area contributed by atoms with Gasteiger partial charge >= 0.3 is 0 Å². The smallest absolute Gasteiger partial charge is 0.253 e. The predicted octanol–water partition coefficient (Wildman–Crippen LogP) is 2.56. The van der Waals surface area contributed by atoms with E-state index in [2.05, 4.69) is 10.3 Å². The number of nitrogens with one attached hydrogen (secondary N) is 1. The molecule has 2 saturated heterocycles. The molecule has 0 saturated carbocycles. The minimum absolute atomic E-state index is 0.0172. The van der Waals surface area contributed by atoms with E-state index in [4.69, 9.17) is 0 Å². The fourth-order valence-corrected chi connectivity index (χ4v) is 4.37. The average Bonchev–Trinajstić information content (AvgIpc) is 2.82. The number of nitrogens with zero attached hydrogens (tertiary/aromatic N) is 3. The standard InChI is InChI=1S/C24H28N4O3/c29-21-10-4-5-14-28(21)22(18-7-2-1-3-8-18)24(31)27-15-11-20(12-16-27)26-23(30)19-9-6-13-25-17-19/h1-3,6-9,13,17,20,22H,4-5,10-12,14-16H2,(H,26,30). The molecule has 2 aliphatic rings. The lowest BCUT2D eigenvalue weighted by molar-refractivity contribution is -0.148. The van der Waals surface area contributed by atoms with Crippen molar-refractivity contribution >= 4 is 17.7 Å². The van der Waals surface area contributed by atoms with Crippen molar-refractivity contribution in [3.05, 3.63) is 66.0 Å². The van der Waals surface area contributed by atoms with Crippen molar-refractivity contribution in [1.82, 2.24) is 20.1 Å². The van der Waals surface area contributed by atoms with Crippen LogP contribution in [0, 0.1) is 0 Å². The van der Waals surface area contributed by atoms with Crippen molar-refractivity contribution in [3.63, 3.8) is 0 Å². The Morgan fingerprint density at radius 3 is 2.45 bits per heavy atom. The molecule has 0 radical (unpaired) electrons. The highest BCUT2D eigenvalue weighted by Crippen LogP contribution is 2.28. The first-order valence-corrected chi connectivity index (χ1v) is 11.0. The lowest BCUT2D eigenvalue weighted by Crippen LogP contribution is -2.51. The van der Waals surface area contributed by atoms with E-state index >= 15 is 0 Å². The molecular formula is C24H28N4O3. The summed E-state index contributed by atoms with van der Waals surface area (Å²) < 4.78 is 0. The van der Waals surface area contributed by atoms with Gasteiger partial charge in [0.25, 0.3) is 5.91 Å². The Morgan fingerprint density at radius 1 is 1.00 bits per heavy atom. The van der Waals surface area contributed by atoms with Gasteiger partial charge in [0, 0.05) is 44.5 Å². The molecule has 1 atom stereocenters. The molecule has 7 heteroatoms. The number of benzene rings is 1. The molecule has 1 aromatic heterocycles. The zero-order valence-electron chi connectivity index (χ0n) is 17.6. The van der Waals surface area contributed by atoms with Crippen molar-refractivity contribution < 1.29 is 14.4 Å². The normalized spacial score (nSPS) is 18.5. The van der Waals surface area contributed by atoms with Crippen LogP contribution in [0.2, 0.25) is 0 Å². The van der Waals surface area contributed by atoms with Gasteiger partial charge in [-0.15, -0.1) is 0 Å². The summed E-state index contributed by atoms with van der Waals surface area (Å²) >= 11 is 0. The number of rotatable bonds is 5. The SMILES string of the molecule is O=C(NC1CCN(C(=O)C(c2ccccc2)N2CCCCC2=O)CC1)c1cccnc1. The van der Waals surface area contributed by atoms with Crippen molar-refractivity contribution in [1.29, 1.82) is 0 Å². The third-order valence-corrected chi connectivity index (χ3v) is 6.09. The molecule has 3 heterocycles. The van der Waals surface area contributed by atoms with Crippen LogP contribution in [0.25, 0.3) is 0 Å². The number of amides is 3. The van der Waals surface area contributed by atoms with Crippen LogP contribution in [-0.2, 0) is 9.59 Å². The van der Waals surface area contributed by atoms with Gasteiger partial charge in [-0.05, 0) is 43.4 Å². The molecule has 3 amide bonds. The van der Waals surface area contributed by atoms with Crippen molar-refractivity contribution in [2.24, 2.45) is 0 Å². The minimum atomic E-state index is -0.574. The molecule has 4 rings (SSSR count). The second-order valence-electron chi connectivity index (χ2n) is 8.17. The van der Waals surface area contributed by atoms with E-state index in [0.717, 1.165) is 18.4 Å². The molecule has 2 fully saturated rings. The van der Waals surface area contributed by atoms with Gasteiger partial charge in [0.05, 0.1) is 5.56 Å². The number of carbonyl (C=O) groups excluding carboxylic acids is 3. The van der Waals surface area contributed by atoms with E-state index in [0.29, 0.717) is 44.5 Å². The largest absolute Gasteiger partial charge is 0.349 e. The lowest BCUT2D eigenvalue weighted by atomic mass is 9.98. The Morgan fingerprint density at radius 2 is 1.77 bits per heavy atom. The monoisotopic (exact) mass is 420 g/mol. The number of hydrogen-bond acceptors (Lipinski definition) is 4. The number of hydrogen-bond donors (Lipinski definition) is 1. The molecular weight excluding hydrogens is 392 g/mol. The van der Waals surface area contributed by atoms with Crippen LogP contribution in [0.3, 0.4) is 0 Å². The van der Waals surface area contributed by atoms with Crippen LogP contribution in [0.4, 0.5) is 0 Å². The molecule has 2 aliphatic heterocycles. The molecule has 1 unspecified atom stereocenters. The first-order chi connectivity index (χ1) is 15.1. The summed E-state index contributed by atoms with van der Waals surface area (Å²) in [5.74, 6) is -0.121. The summed E-state index contributed by atoms with van der Waals surface area (Å²) in [5.41, 5.74) is 1.39. The Bertz CT molecular complexity index is 911. The van der Waals surface area contributed by atoms with E-state index in [1.807, 2.05) is 35.2 Å². The van der Waals surface area contributed by atoms with Gasteiger partial charge in [-0.2, -0.15) is 0 Å². The van der Waals surface area contributed by atoms with Crippen LogP contribution in [0.1, 0.15) is 54.1 Å². The van der Waals surface area contributed by atoms with Crippen LogP contribution in [0.15, 0.2) is 54.9 Å². The van der Waals surface area contributed by atoms with Gasteiger partial charge in [0.1, 0.15) is 6.04 Å². The zero-order valence-corrected chi connectivity index (χ0v) is 17.6. The number of carbonyl (C=O) groups is 3. The molecule has 7 nitrogen and oxygen atoms in total. The Kier molecular flexibility index (Phi) is 6.60. The highest BCUT2D eigenvalue weighted by Gasteiger charge is 2.36. The second kappa shape index (κ2) is 9.73. The zero-order chi connectivity index (χ0) is 21.6. The minimum Gasteiger partial charge on any atom is -0.349 e. The third-order valence-electron chi connectivity index (χ3n) is 6.09. The highest BCUT2D eigenvalue weighted by atomic mass is 16.2. The van der Waals surface area contributed by atoms with E-state index in [-0.39, 0.29) is 23.8 Å². The molecule has 1 aromatic carbocycles. The quantitative estimate of drug-likeness (QED) is 0.806. The van der Waals surface area contributed by atoms with Crippen molar-refractivity contribution in [2.75, 3.05) is 19.6 Å². The Balaban J connectivity index is 1.42. The Hall–Kier alpha value is -3.22. The van der Waals surface area contributed by atoms with Gasteiger partial charge in [-0.3, -0.25) is 19.4 Å². The molecule has 31 heavy (non-hydrogen) atoms. The lowest BCUT2D eigenvalue weighted by Gasteiger charge is -2.39. The summed E-state index contributed by atoms with van der Waals surface area (Å²) in [6.45, 7) is 1.73. The summed E-state index contributed by atoms with van der Waals surface area (Å²) in [6.07, 6.45) is 6.86. The molecule has 2 aromatic rings. The second-order valence-corrected chi connectivity index (χ2v) is 8.17. The van der Waals surface area contributed by atoms with Gasteiger partial charge < -0.3 is 15.1 Å². The maximum absolute atomic E-state index is 13.5.